The van der Waals surface area contributed by atoms with Gasteiger partial charge in [-0.3, -0.25) is 9.69 Å². The number of amides is 1. The SMILES string of the molecule is C=CC(=O)N1C[C@H](C)N(c2nc(=O)n(-c3c(C(C)C)nc(CN4CCOCC4)nc3C(C)C)c3nc(-c4ccccc4F)c(Cl)cc23)C[C@H]1C. The molecule has 0 saturated carbocycles. The summed E-state index contributed by atoms with van der Waals surface area (Å²) < 4.78 is 22.3. The van der Waals surface area contributed by atoms with Crippen LogP contribution in [0.2, 0.25) is 5.02 Å². The minimum atomic E-state index is -0.570. The highest BCUT2D eigenvalue weighted by Crippen LogP contribution is 2.37. The second-order valence-electron chi connectivity index (χ2n) is 13.7. The Morgan fingerprint density at radius 3 is 2.30 bits per heavy atom. The van der Waals surface area contributed by atoms with E-state index in [0.29, 0.717) is 67.0 Å². The summed E-state index contributed by atoms with van der Waals surface area (Å²) in [5.41, 5.74) is 2.00. The van der Waals surface area contributed by atoms with Gasteiger partial charge in [0.05, 0.1) is 52.9 Å². The second-order valence-corrected chi connectivity index (χ2v) is 14.1. The summed E-state index contributed by atoms with van der Waals surface area (Å²) in [5, 5.41) is 0.723. The monoisotopic (exact) mass is 702 g/mol. The van der Waals surface area contributed by atoms with Gasteiger partial charge in [0.15, 0.2) is 5.65 Å². The topological polar surface area (TPSA) is 110 Å². The number of benzene rings is 1. The Morgan fingerprint density at radius 2 is 1.68 bits per heavy atom. The molecule has 2 aliphatic rings. The predicted octanol–water partition coefficient (Wildman–Crippen LogP) is 5.72. The molecule has 50 heavy (non-hydrogen) atoms. The van der Waals surface area contributed by atoms with Gasteiger partial charge in [-0.25, -0.2) is 28.7 Å². The van der Waals surface area contributed by atoms with Crippen LogP contribution in [0, 0.1) is 5.82 Å². The summed E-state index contributed by atoms with van der Waals surface area (Å²) in [6.45, 7) is 20.0. The van der Waals surface area contributed by atoms with Gasteiger partial charge in [-0.15, -0.1) is 0 Å². The van der Waals surface area contributed by atoms with Gasteiger partial charge in [0.2, 0.25) is 5.91 Å². The van der Waals surface area contributed by atoms with Gasteiger partial charge in [0, 0.05) is 43.8 Å². The van der Waals surface area contributed by atoms with Crippen LogP contribution in [-0.4, -0.2) is 91.7 Å². The minimum absolute atomic E-state index is 0.0924. The molecule has 6 rings (SSSR count). The highest BCUT2D eigenvalue weighted by atomic mass is 35.5. The van der Waals surface area contributed by atoms with Crippen LogP contribution in [0.15, 0.2) is 47.8 Å². The maximum atomic E-state index is 15.3. The molecule has 11 nitrogen and oxygen atoms in total. The maximum absolute atomic E-state index is 15.3. The van der Waals surface area contributed by atoms with Crippen molar-refractivity contribution >= 4 is 34.4 Å². The van der Waals surface area contributed by atoms with E-state index in [1.165, 1.54) is 16.7 Å². The summed E-state index contributed by atoms with van der Waals surface area (Å²) in [5.74, 6) is 0.230. The zero-order valence-electron chi connectivity index (χ0n) is 29.5. The first-order valence-corrected chi connectivity index (χ1v) is 17.6. The van der Waals surface area contributed by atoms with Crippen molar-refractivity contribution in [3.63, 3.8) is 0 Å². The third kappa shape index (κ3) is 6.76. The van der Waals surface area contributed by atoms with E-state index in [9.17, 15) is 9.59 Å². The van der Waals surface area contributed by atoms with E-state index in [1.807, 2.05) is 46.4 Å². The van der Waals surface area contributed by atoms with Crippen LogP contribution in [0.4, 0.5) is 10.2 Å². The van der Waals surface area contributed by atoms with Crippen LogP contribution in [0.1, 0.15) is 70.6 Å². The molecule has 0 unspecified atom stereocenters. The molecule has 0 N–H and O–H groups in total. The Hall–Kier alpha value is -4.26. The lowest BCUT2D eigenvalue weighted by Gasteiger charge is -2.44. The second kappa shape index (κ2) is 14.5. The number of aromatic nitrogens is 5. The van der Waals surface area contributed by atoms with Crippen LogP contribution in [-0.2, 0) is 16.1 Å². The van der Waals surface area contributed by atoms with Crippen molar-refractivity contribution in [1.82, 2.24) is 34.3 Å². The number of carbonyl (C=O) groups excluding carboxylic acids is 1. The van der Waals surface area contributed by atoms with E-state index in [2.05, 4.69) is 11.5 Å². The standard InChI is InChI=1S/C37H44ClFN8O3/c1-8-30(48)45-18-24(7)46(19-23(45)6)35-26-17-27(38)33(25-11-9-10-12-28(25)39)42-36(26)47(37(49)43-35)34-31(21(2)3)40-29(41-32(34)22(4)5)20-44-13-15-50-16-14-44/h8-12,17,21-24H,1,13-16,18-20H2,2-7H3/t23-,24+/m1/s1. The van der Waals surface area contributed by atoms with E-state index in [-0.39, 0.29) is 51.8 Å². The molecule has 2 atom stereocenters. The van der Waals surface area contributed by atoms with Gasteiger partial charge >= 0.3 is 5.69 Å². The molecule has 0 spiro atoms. The van der Waals surface area contributed by atoms with Gasteiger partial charge in [0.25, 0.3) is 0 Å². The van der Waals surface area contributed by atoms with Gasteiger partial charge in [-0.2, -0.15) is 4.98 Å². The Kier molecular flexibility index (Phi) is 10.3. The molecule has 2 fully saturated rings. The number of nitrogens with zero attached hydrogens (tertiary/aromatic N) is 8. The lowest BCUT2D eigenvalue weighted by molar-refractivity contribution is -0.128. The predicted molar refractivity (Wildman–Crippen MR) is 194 cm³/mol. The van der Waals surface area contributed by atoms with Crippen LogP contribution in [0.5, 0.6) is 0 Å². The Bertz CT molecular complexity index is 1960. The normalized spacial score (nSPS) is 18.8. The van der Waals surface area contributed by atoms with E-state index in [0.717, 1.165) is 13.1 Å². The number of halogens is 2. The summed E-state index contributed by atoms with van der Waals surface area (Å²) in [7, 11) is 0. The molecule has 2 saturated heterocycles. The number of hydrogen-bond donors (Lipinski definition) is 0. The van der Waals surface area contributed by atoms with E-state index < -0.39 is 11.5 Å². The van der Waals surface area contributed by atoms with Gasteiger partial charge in [0.1, 0.15) is 17.5 Å². The van der Waals surface area contributed by atoms with Gasteiger partial charge in [-0.1, -0.05) is 58.0 Å². The fourth-order valence-electron chi connectivity index (χ4n) is 6.82. The lowest BCUT2D eigenvalue weighted by Crippen LogP contribution is -2.58. The molecule has 0 radical (unpaired) electrons. The fourth-order valence-corrected chi connectivity index (χ4v) is 7.07. The Labute approximate surface area is 296 Å². The number of hydrogen-bond acceptors (Lipinski definition) is 9. The molecular formula is C37H44ClFN8O3. The molecule has 1 aromatic carbocycles. The average Bonchev–Trinajstić information content (AvgIpc) is 3.09. The summed E-state index contributed by atoms with van der Waals surface area (Å²) in [6, 6.07) is 7.60. The van der Waals surface area contributed by atoms with Crippen molar-refractivity contribution in [3.05, 3.63) is 81.5 Å². The fraction of sp³-hybridized carbons (Fsp3) is 0.459. The third-order valence-electron chi connectivity index (χ3n) is 9.42. The lowest BCUT2D eigenvalue weighted by atomic mass is 10.0. The molecular weight excluding hydrogens is 659 g/mol. The first-order chi connectivity index (χ1) is 23.9. The Morgan fingerprint density at radius 1 is 1.02 bits per heavy atom. The van der Waals surface area contributed by atoms with Crippen LogP contribution >= 0.6 is 11.6 Å². The number of fused-ring (bicyclic) bond motifs is 1. The molecule has 264 valence electrons. The molecule has 1 amide bonds. The highest BCUT2D eigenvalue weighted by Gasteiger charge is 2.34. The number of ether oxygens (including phenoxy) is 1. The van der Waals surface area contributed by atoms with Crippen LogP contribution in [0.3, 0.4) is 0 Å². The van der Waals surface area contributed by atoms with Crippen LogP contribution in [0.25, 0.3) is 28.0 Å². The quantitative estimate of drug-likeness (QED) is 0.213. The zero-order valence-corrected chi connectivity index (χ0v) is 30.2. The summed E-state index contributed by atoms with van der Waals surface area (Å²) >= 11 is 6.92. The zero-order chi connectivity index (χ0) is 35.9. The van der Waals surface area contributed by atoms with E-state index in [4.69, 9.17) is 36.3 Å². The third-order valence-corrected chi connectivity index (χ3v) is 9.70. The number of carbonyl (C=O) groups is 1. The molecule has 0 aliphatic carbocycles. The maximum Gasteiger partial charge on any atom is 0.355 e. The van der Waals surface area contributed by atoms with Gasteiger partial charge in [-0.05, 0) is 50.0 Å². The van der Waals surface area contributed by atoms with Crippen molar-refractivity contribution in [3.8, 4) is 16.9 Å². The molecule has 0 bridgehead atoms. The van der Waals surface area contributed by atoms with Crippen LogP contribution < -0.4 is 10.6 Å². The molecule has 4 aromatic rings. The number of pyridine rings is 1. The smallest absolute Gasteiger partial charge is 0.355 e. The van der Waals surface area contributed by atoms with E-state index >= 15 is 4.39 Å². The largest absolute Gasteiger partial charge is 0.379 e. The Balaban J connectivity index is 1.62. The molecule has 3 aromatic heterocycles. The van der Waals surface area contributed by atoms with E-state index in [1.54, 1.807) is 29.2 Å². The number of anilines is 1. The first-order valence-electron chi connectivity index (χ1n) is 17.2. The minimum Gasteiger partial charge on any atom is -0.379 e. The summed E-state index contributed by atoms with van der Waals surface area (Å²) in [6.07, 6.45) is 1.31. The van der Waals surface area contributed by atoms with Crippen molar-refractivity contribution in [1.29, 1.82) is 0 Å². The molecule has 13 heteroatoms. The van der Waals surface area contributed by atoms with Crippen molar-refractivity contribution < 1.29 is 13.9 Å². The molecule has 2 aliphatic heterocycles. The highest BCUT2D eigenvalue weighted by molar-refractivity contribution is 6.33. The van der Waals surface area contributed by atoms with Crippen molar-refractivity contribution in [2.75, 3.05) is 44.3 Å². The number of rotatable bonds is 8. The first kappa shape index (κ1) is 35.6. The van der Waals surface area contributed by atoms with Crippen molar-refractivity contribution in [2.24, 2.45) is 0 Å². The van der Waals surface area contributed by atoms with Crippen molar-refractivity contribution in [2.45, 2.75) is 72.0 Å². The number of piperazine rings is 1. The molecule has 5 heterocycles. The number of morpholine rings is 1. The van der Waals surface area contributed by atoms with Gasteiger partial charge < -0.3 is 14.5 Å². The average molecular weight is 703 g/mol. The summed E-state index contributed by atoms with van der Waals surface area (Å²) in [4.78, 5) is 53.1.